The Morgan fingerprint density at radius 3 is 2.52 bits per heavy atom. The molecule has 2 rings (SSSR count). The predicted molar refractivity (Wildman–Crippen MR) is 84.6 cm³/mol. The van der Waals surface area contributed by atoms with Gasteiger partial charge in [-0.05, 0) is 19.4 Å². The van der Waals surface area contributed by atoms with E-state index < -0.39 is 11.9 Å². The van der Waals surface area contributed by atoms with Crippen molar-refractivity contribution in [2.24, 2.45) is 5.92 Å². The zero-order valence-electron chi connectivity index (χ0n) is 13.5. The Kier molecular flexibility index (Phi) is 5.36. The van der Waals surface area contributed by atoms with Gasteiger partial charge in [0.05, 0.1) is 5.92 Å². The van der Waals surface area contributed by atoms with Crippen LogP contribution in [0.2, 0.25) is 0 Å². The molecule has 0 saturated carbocycles. The van der Waals surface area contributed by atoms with E-state index in [1.807, 2.05) is 31.2 Å². The lowest BCUT2D eigenvalue weighted by atomic mass is 10.1. The van der Waals surface area contributed by atoms with Crippen molar-refractivity contribution in [1.82, 2.24) is 9.80 Å². The van der Waals surface area contributed by atoms with E-state index >= 15 is 0 Å². The normalized spacial score (nSPS) is 17.4. The van der Waals surface area contributed by atoms with Gasteiger partial charge in [-0.3, -0.25) is 14.4 Å². The maximum Gasteiger partial charge on any atom is 0.323 e. The number of likely N-dealkylation sites (tertiary alicyclic amines) is 1. The third kappa shape index (κ3) is 4.31. The first-order valence-corrected chi connectivity index (χ1v) is 7.74. The number of hydrogen-bond acceptors (Lipinski definition) is 3. The molecule has 0 aromatic heterocycles. The van der Waals surface area contributed by atoms with Gasteiger partial charge in [-0.15, -0.1) is 0 Å². The standard InChI is InChI=1S/C17H22N2O4/c1-3-18(11-16(21)22)17(23)14-8-15(20)19(10-14)9-13-6-4-12(2)5-7-13/h4-7,14H,3,8-11H2,1-2H3,(H,21,22). The van der Waals surface area contributed by atoms with Gasteiger partial charge >= 0.3 is 5.97 Å². The SMILES string of the molecule is CCN(CC(=O)O)C(=O)C1CC(=O)N(Cc2ccc(C)cc2)C1. The molecule has 1 heterocycles. The van der Waals surface area contributed by atoms with Crippen LogP contribution in [0.1, 0.15) is 24.5 Å². The molecular weight excluding hydrogens is 296 g/mol. The lowest BCUT2D eigenvalue weighted by Gasteiger charge is -2.22. The largest absolute Gasteiger partial charge is 0.480 e. The van der Waals surface area contributed by atoms with Gasteiger partial charge in [0.2, 0.25) is 11.8 Å². The number of rotatable bonds is 6. The molecular formula is C17H22N2O4. The first kappa shape index (κ1) is 17.0. The monoisotopic (exact) mass is 318 g/mol. The molecule has 1 atom stereocenters. The number of hydrogen-bond donors (Lipinski definition) is 1. The Morgan fingerprint density at radius 1 is 1.30 bits per heavy atom. The van der Waals surface area contributed by atoms with Gasteiger partial charge in [0.1, 0.15) is 6.54 Å². The van der Waals surface area contributed by atoms with Crippen LogP contribution in [-0.2, 0) is 20.9 Å². The minimum atomic E-state index is -1.04. The summed E-state index contributed by atoms with van der Waals surface area (Å²) in [6.45, 7) is 4.57. The summed E-state index contributed by atoms with van der Waals surface area (Å²) in [4.78, 5) is 38.3. The summed E-state index contributed by atoms with van der Waals surface area (Å²) in [7, 11) is 0. The van der Waals surface area contributed by atoms with Crippen LogP contribution in [0.4, 0.5) is 0 Å². The van der Waals surface area contributed by atoms with Crippen molar-refractivity contribution in [3.05, 3.63) is 35.4 Å². The zero-order chi connectivity index (χ0) is 17.0. The first-order chi connectivity index (χ1) is 10.9. The number of benzene rings is 1. The molecule has 1 aromatic carbocycles. The number of carboxylic acids is 1. The summed E-state index contributed by atoms with van der Waals surface area (Å²) in [5, 5.41) is 8.86. The maximum atomic E-state index is 12.4. The Labute approximate surface area is 135 Å². The Morgan fingerprint density at radius 2 is 1.96 bits per heavy atom. The molecule has 0 radical (unpaired) electrons. The smallest absolute Gasteiger partial charge is 0.323 e. The molecule has 6 nitrogen and oxygen atoms in total. The lowest BCUT2D eigenvalue weighted by molar-refractivity contribution is -0.146. The molecule has 6 heteroatoms. The molecule has 124 valence electrons. The number of aliphatic carboxylic acids is 1. The molecule has 1 saturated heterocycles. The van der Waals surface area contributed by atoms with Crippen LogP contribution in [0.5, 0.6) is 0 Å². The van der Waals surface area contributed by atoms with Crippen molar-refractivity contribution >= 4 is 17.8 Å². The second-order valence-electron chi connectivity index (χ2n) is 5.91. The van der Waals surface area contributed by atoms with Gasteiger partial charge < -0.3 is 14.9 Å². The van der Waals surface area contributed by atoms with E-state index in [0.717, 1.165) is 11.1 Å². The predicted octanol–water partition coefficient (Wildman–Crippen LogP) is 1.28. The van der Waals surface area contributed by atoms with Crippen LogP contribution >= 0.6 is 0 Å². The fourth-order valence-electron chi connectivity index (χ4n) is 2.77. The van der Waals surface area contributed by atoms with Crippen molar-refractivity contribution in [3.8, 4) is 0 Å². The number of carboxylic acid groups (broad SMARTS) is 1. The minimum Gasteiger partial charge on any atom is -0.480 e. The topological polar surface area (TPSA) is 77.9 Å². The number of amides is 2. The summed E-state index contributed by atoms with van der Waals surface area (Å²) < 4.78 is 0. The van der Waals surface area contributed by atoms with Crippen LogP contribution in [0.15, 0.2) is 24.3 Å². The van der Waals surface area contributed by atoms with Crippen molar-refractivity contribution in [2.45, 2.75) is 26.8 Å². The number of aryl methyl sites for hydroxylation is 1. The quantitative estimate of drug-likeness (QED) is 0.857. The highest BCUT2D eigenvalue weighted by Crippen LogP contribution is 2.22. The van der Waals surface area contributed by atoms with Gasteiger partial charge in [-0.2, -0.15) is 0 Å². The highest BCUT2D eigenvalue weighted by Gasteiger charge is 2.36. The van der Waals surface area contributed by atoms with Gasteiger partial charge in [-0.25, -0.2) is 0 Å². The second kappa shape index (κ2) is 7.26. The first-order valence-electron chi connectivity index (χ1n) is 7.74. The Balaban J connectivity index is 1.99. The van der Waals surface area contributed by atoms with Crippen molar-refractivity contribution < 1.29 is 19.5 Å². The fraction of sp³-hybridized carbons (Fsp3) is 0.471. The average molecular weight is 318 g/mol. The number of carbonyl (C=O) groups is 3. The van der Waals surface area contributed by atoms with E-state index in [1.54, 1.807) is 11.8 Å². The average Bonchev–Trinajstić information content (AvgIpc) is 2.87. The van der Waals surface area contributed by atoms with Crippen LogP contribution in [-0.4, -0.2) is 52.3 Å². The van der Waals surface area contributed by atoms with Crippen molar-refractivity contribution in [1.29, 1.82) is 0 Å². The van der Waals surface area contributed by atoms with Gasteiger partial charge in [0.25, 0.3) is 0 Å². The Hall–Kier alpha value is -2.37. The number of nitrogens with zero attached hydrogens (tertiary/aromatic N) is 2. The third-order valence-corrected chi connectivity index (χ3v) is 4.08. The van der Waals surface area contributed by atoms with Crippen LogP contribution in [0, 0.1) is 12.8 Å². The number of likely N-dealkylation sites (N-methyl/N-ethyl adjacent to an activating group) is 1. The van der Waals surface area contributed by atoms with Crippen molar-refractivity contribution in [3.63, 3.8) is 0 Å². The summed E-state index contributed by atoms with van der Waals surface area (Å²) in [5.41, 5.74) is 2.18. The van der Waals surface area contributed by atoms with E-state index in [2.05, 4.69) is 0 Å². The lowest BCUT2D eigenvalue weighted by Crippen LogP contribution is -2.40. The van der Waals surface area contributed by atoms with Gasteiger partial charge in [0.15, 0.2) is 0 Å². The van der Waals surface area contributed by atoms with E-state index in [1.165, 1.54) is 4.90 Å². The molecule has 0 aliphatic carbocycles. The fourth-order valence-corrected chi connectivity index (χ4v) is 2.77. The van der Waals surface area contributed by atoms with Crippen LogP contribution in [0.3, 0.4) is 0 Å². The van der Waals surface area contributed by atoms with Crippen molar-refractivity contribution in [2.75, 3.05) is 19.6 Å². The highest BCUT2D eigenvalue weighted by molar-refractivity contribution is 5.90. The summed E-state index contributed by atoms with van der Waals surface area (Å²) in [6, 6.07) is 7.93. The number of carbonyl (C=O) groups excluding carboxylic acids is 2. The van der Waals surface area contributed by atoms with Gasteiger partial charge in [0, 0.05) is 26.1 Å². The van der Waals surface area contributed by atoms with Crippen LogP contribution in [0.25, 0.3) is 0 Å². The zero-order valence-corrected chi connectivity index (χ0v) is 13.5. The molecule has 0 bridgehead atoms. The van der Waals surface area contributed by atoms with Gasteiger partial charge in [-0.1, -0.05) is 29.8 Å². The molecule has 1 aliphatic rings. The molecule has 2 amide bonds. The molecule has 1 fully saturated rings. The molecule has 0 spiro atoms. The molecule has 1 N–H and O–H groups in total. The molecule has 1 aromatic rings. The Bertz CT molecular complexity index is 597. The molecule has 23 heavy (non-hydrogen) atoms. The van der Waals surface area contributed by atoms with E-state index in [-0.39, 0.29) is 24.8 Å². The molecule has 1 unspecified atom stereocenters. The minimum absolute atomic E-state index is 0.0599. The molecule has 1 aliphatic heterocycles. The van der Waals surface area contributed by atoms with E-state index in [9.17, 15) is 14.4 Å². The second-order valence-corrected chi connectivity index (χ2v) is 5.91. The maximum absolute atomic E-state index is 12.4. The highest BCUT2D eigenvalue weighted by atomic mass is 16.4. The van der Waals surface area contributed by atoms with Crippen LogP contribution < -0.4 is 0 Å². The van der Waals surface area contributed by atoms with E-state index in [4.69, 9.17) is 5.11 Å². The summed E-state index contributed by atoms with van der Waals surface area (Å²) in [5.74, 6) is -1.81. The summed E-state index contributed by atoms with van der Waals surface area (Å²) in [6.07, 6.45) is 0.154. The van der Waals surface area contributed by atoms with E-state index in [0.29, 0.717) is 19.6 Å². The third-order valence-electron chi connectivity index (χ3n) is 4.08. The summed E-state index contributed by atoms with van der Waals surface area (Å²) >= 11 is 0.